The molecule has 0 N–H and O–H groups in total. The van der Waals surface area contributed by atoms with Crippen molar-refractivity contribution in [3.05, 3.63) is 69.3 Å². The summed E-state index contributed by atoms with van der Waals surface area (Å²) in [5.41, 5.74) is 12.4. The summed E-state index contributed by atoms with van der Waals surface area (Å²) < 4.78 is 2.14. The number of hydrogen-bond acceptors (Lipinski definition) is 2. The van der Waals surface area contributed by atoms with Crippen LogP contribution in [0.1, 0.15) is 18.3 Å². The maximum Gasteiger partial charge on any atom is 0.114 e. The Hall–Kier alpha value is -2.49. The van der Waals surface area contributed by atoms with Gasteiger partial charge in [0.05, 0.1) is 10.5 Å². The third-order valence-corrected chi connectivity index (χ3v) is 4.08. The Morgan fingerprint density at radius 3 is 2.70 bits per heavy atom. The molecular formula is C17H16ClN5. The predicted octanol–water partition coefficient (Wildman–Crippen LogP) is 5.09. The Labute approximate surface area is 139 Å². The molecule has 0 amide bonds. The minimum Gasteiger partial charge on any atom is -0.296 e. The highest BCUT2D eigenvalue weighted by molar-refractivity contribution is 6.34. The first-order valence-corrected chi connectivity index (χ1v) is 7.88. The molecular weight excluding hydrogens is 310 g/mol. The molecule has 0 aliphatic heterocycles. The molecule has 0 aliphatic carbocycles. The number of hydrogen-bond donors (Lipinski definition) is 0. The van der Waals surface area contributed by atoms with E-state index in [4.69, 9.17) is 17.1 Å². The van der Waals surface area contributed by atoms with Gasteiger partial charge in [0.25, 0.3) is 0 Å². The second kappa shape index (κ2) is 6.73. The van der Waals surface area contributed by atoms with Gasteiger partial charge in [-0.3, -0.25) is 4.57 Å². The number of fused-ring (bicyclic) bond motifs is 1. The van der Waals surface area contributed by atoms with Crippen LogP contribution in [0.15, 0.2) is 47.6 Å². The van der Waals surface area contributed by atoms with Crippen molar-refractivity contribution in [1.29, 1.82) is 0 Å². The van der Waals surface area contributed by atoms with Crippen LogP contribution in [0.2, 0.25) is 5.02 Å². The fourth-order valence-corrected chi connectivity index (χ4v) is 2.89. The second-order valence-electron chi connectivity index (χ2n) is 5.20. The number of para-hydroxylation sites is 1. The number of aryl methyl sites for hydroxylation is 1. The quantitative estimate of drug-likeness (QED) is 0.366. The van der Waals surface area contributed by atoms with E-state index in [1.165, 1.54) is 0 Å². The van der Waals surface area contributed by atoms with Gasteiger partial charge in [0.15, 0.2) is 0 Å². The Morgan fingerprint density at radius 1 is 1.22 bits per heavy atom. The lowest BCUT2D eigenvalue weighted by molar-refractivity contribution is 0.905. The summed E-state index contributed by atoms with van der Waals surface area (Å²) in [4.78, 5) is 7.44. The molecule has 0 fully saturated rings. The monoisotopic (exact) mass is 325 g/mol. The van der Waals surface area contributed by atoms with Crippen LogP contribution in [0.5, 0.6) is 0 Å². The molecule has 116 valence electrons. The molecule has 0 unspecified atom stereocenters. The number of azide groups is 1. The molecule has 3 aromatic rings. The lowest BCUT2D eigenvalue weighted by Crippen LogP contribution is -2.00. The predicted molar refractivity (Wildman–Crippen MR) is 93.2 cm³/mol. The molecule has 0 spiro atoms. The van der Waals surface area contributed by atoms with Crippen molar-refractivity contribution >= 4 is 22.6 Å². The van der Waals surface area contributed by atoms with Crippen LogP contribution >= 0.6 is 11.6 Å². The number of imidazole rings is 1. The van der Waals surface area contributed by atoms with Crippen molar-refractivity contribution in [3.8, 4) is 5.69 Å². The summed E-state index contributed by atoms with van der Waals surface area (Å²) in [6.45, 7) is 2.56. The SMILES string of the molecule is CCc1nc2c(Cl)cccc2n1-c1ccc(CCN=[N+]=[N-])cc1. The number of rotatable bonds is 5. The van der Waals surface area contributed by atoms with Gasteiger partial charge in [0.2, 0.25) is 0 Å². The lowest BCUT2D eigenvalue weighted by atomic mass is 10.1. The molecule has 0 bridgehead atoms. The van der Waals surface area contributed by atoms with E-state index in [1.54, 1.807) is 0 Å². The summed E-state index contributed by atoms with van der Waals surface area (Å²) in [7, 11) is 0. The normalized spacial score (nSPS) is 10.7. The van der Waals surface area contributed by atoms with Crippen molar-refractivity contribution in [2.75, 3.05) is 6.54 Å². The van der Waals surface area contributed by atoms with E-state index in [0.717, 1.165) is 41.0 Å². The average molecular weight is 326 g/mol. The third-order valence-electron chi connectivity index (χ3n) is 3.78. The summed E-state index contributed by atoms with van der Waals surface area (Å²) in [5, 5.41) is 4.24. The van der Waals surface area contributed by atoms with Gasteiger partial charge in [-0.15, -0.1) is 0 Å². The molecule has 0 atom stereocenters. The van der Waals surface area contributed by atoms with Crippen molar-refractivity contribution in [2.45, 2.75) is 19.8 Å². The van der Waals surface area contributed by atoms with Crippen LogP contribution in [0, 0.1) is 0 Å². The van der Waals surface area contributed by atoms with Gasteiger partial charge in [0, 0.05) is 23.6 Å². The molecule has 5 nitrogen and oxygen atoms in total. The van der Waals surface area contributed by atoms with Gasteiger partial charge in [-0.25, -0.2) is 4.98 Å². The summed E-state index contributed by atoms with van der Waals surface area (Å²) in [6, 6.07) is 14.1. The number of halogens is 1. The van der Waals surface area contributed by atoms with Gasteiger partial charge < -0.3 is 0 Å². The van der Waals surface area contributed by atoms with Crippen LogP contribution < -0.4 is 0 Å². The van der Waals surface area contributed by atoms with Crippen LogP contribution in [0.25, 0.3) is 27.2 Å². The van der Waals surface area contributed by atoms with E-state index in [9.17, 15) is 0 Å². The topological polar surface area (TPSA) is 66.6 Å². The van der Waals surface area contributed by atoms with Gasteiger partial charge >= 0.3 is 0 Å². The van der Waals surface area contributed by atoms with Crippen LogP contribution in [-0.4, -0.2) is 16.1 Å². The van der Waals surface area contributed by atoms with E-state index in [0.29, 0.717) is 11.6 Å². The van der Waals surface area contributed by atoms with Crippen molar-refractivity contribution < 1.29 is 0 Å². The van der Waals surface area contributed by atoms with E-state index < -0.39 is 0 Å². The third kappa shape index (κ3) is 3.02. The van der Waals surface area contributed by atoms with Crippen LogP contribution in [-0.2, 0) is 12.8 Å². The van der Waals surface area contributed by atoms with Gasteiger partial charge in [-0.1, -0.05) is 41.8 Å². The Morgan fingerprint density at radius 2 is 2.00 bits per heavy atom. The van der Waals surface area contributed by atoms with Gasteiger partial charge in [0.1, 0.15) is 11.3 Å². The Bertz CT molecular complexity index is 876. The first-order chi connectivity index (χ1) is 11.2. The zero-order valence-electron chi connectivity index (χ0n) is 12.8. The molecule has 1 heterocycles. The standard InChI is InChI=1S/C17H16ClN5/c1-2-16-21-17-14(18)4-3-5-15(17)23(16)13-8-6-12(7-9-13)10-11-20-22-19/h3-9H,2,10-11H2,1H3. The molecule has 0 saturated carbocycles. The molecule has 2 aromatic carbocycles. The minimum absolute atomic E-state index is 0.472. The Balaban J connectivity index is 2.02. The lowest BCUT2D eigenvalue weighted by Gasteiger charge is -2.09. The fraction of sp³-hybridized carbons (Fsp3) is 0.235. The molecule has 0 saturated heterocycles. The largest absolute Gasteiger partial charge is 0.296 e. The molecule has 0 aliphatic rings. The fourth-order valence-electron chi connectivity index (χ4n) is 2.67. The summed E-state index contributed by atoms with van der Waals surface area (Å²) >= 11 is 6.27. The molecule has 1 aromatic heterocycles. The maximum atomic E-state index is 8.33. The van der Waals surface area contributed by atoms with E-state index in [-0.39, 0.29) is 0 Å². The van der Waals surface area contributed by atoms with Crippen molar-refractivity contribution in [3.63, 3.8) is 0 Å². The molecule has 0 radical (unpaired) electrons. The van der Waals surface area contributed by atoms with Gasteiger partial charge in [-0.05, 0) is 41.8 Å². The maximum absolute atomic E-state index is 8.33. The average Bonchev–Trinajstić information content (AvgIpc) is 2.96. The van der Waals surface area contributed by atoms with E-state index in [1.807, 2.05) is 18.2 Å². The van der Waals surface area contributed by atoms with Crippen molar-refractivity contribution in [2.24, 2.45) is 5.11 Å². The van der Waals surface area contributed by atoms with E-state index in [2.05, 4.69) is 50.8 Å². The molecule has 3 rings (SSSR count). The number of aromatic nitrogens is 2. The second-order valence-corrected chi connectivity index (χ2v) is 5.60. The summed E-state index contributed by atoms with van der Waals surface area (Å²) in [6.07, 6.45) is 1.56. The highest BCUT2D eigenvalue weighted by Crippen LogP contribution is 2.27. The highest BCUT2D eigenvalue weighted by Gasteiger charge is 2.13. The number of nitrogens with zero attached hydrogens (tertiary/aromatic N) is 5. The smallest absolute Gasteiger partial charge is 0.114 e. The molecule has 23 heavy (non-hydrogen) atoms. The highest BCUT2D eigenvalue weighted by atomic mass is 35.5. The minimum atomic E-state index is 0.472. The zero-order valence-corrected chi connectivity index (χ0v) is 13.5. The van der Waals surface area contributed by atoms with Crippen molar-refractivity contribution in [1.82, 2.24) is 9.55 Å². The first-order valence-electron chi connectivity index (χ1n) is 7.50. The zero-order chi connectivity index (χ0) is 16.2. The Kier molecular flexibility index (Phi) is 4.51. The summed E-state index contributed by atoms with van der Waals surface area (Å²) in [5.74, 6) is 0.981. The van der Waals surface area contributed by atoms with Crippen LogP contribution in [0.4, 0.5) is 0 Å². The molecule has 6 heteroatoms. The van der Waals surface area contributed by atoms with Crippen LogP contribution in [0.3, 0.4) is 0 Å². The first kappa shape index (κ1) is 15.4. The number of benzene rings is 2. The van der Waals surface area contributed by atoms with Gasteiger partial charge in [-0.2, -0.15) is 0 Å². The van der Waals surface area contributed by atoms with E-state index >= 15 is 0 Å².